The molecule has 7 nitrogen and oxygen atoms in total. The van der Waals surface area contributed by atoms with Crippen LogP contribution in [-0.2, 0) is 0 Å². The van der Waals surface area contributed by atoms with Gasteiger partial charge in [0.05, 0.1) is 29.8 Å². The van der Waals surface area contributed by atoms with E-state index in [-0.39, 0.29) is 5.56 Å². The number of fused-ring (bicyclic) bond motifs is 1. The van der Waals surface area contributed by atoms with Crippen LogP contribution in [0.5, 0.6) is 0 Å². The van der Waals surface area contributed by atoms with Crippen molar-refractivity contribution in [2.45, 2.75) is 25.8 Å². The van der Waals surface area contributed by atoms with Gasteiger partial charge in [-0.2, -0.15) is 5.10 Å². The molecule has 1 saturated heterocycles. The molecule has 0 aliphatic carbocycles. The summed E-state index contributed by atoms with van der Waals surface area (Å²) in [6.45, 7) is 3.58. The first kappa shape index (κ1) is 18.7. The number of aromatic nitrogens is 5. The van der Waals surface area contributed by atoms with Crippen molar-refractivity contribution in [1.82, 2.24) is 29.5 Å². The van der Waals surface area contributed by atoms with E-state index < -0.39 is 11.6 Å². The number of hydrogen-bond donors (Lipinski definition) is 2. The van der Waals surface area contributed by atoms with Crippen LogP contribution in [0.1, 0.15) is 24.4 Å². The number of piperidine rings is 1. The maximum absolute atomic E-state index is 14.4. The lowest BCUT2D eigenvalue weighted by Crippen LogP contribution is -2.29. The average Bonchev–Trinajstić information content (AvgIpc) is 3.42. The Morgan fingerprint density at radius 2 is 1.93 bits per heavy atom. The minimum Gasteiger partial charge on any atom is -0.335 e. The first-order chi connectivity index (χ1) is 14.6. The van der Waals surface area contributed by atoms with Gasteiger partial charge < -0.3 is 10.6 Å². The summed E-state index contributed by atoms with van der Waals surface area (Å²) in [7, 11) is 0. The fourth-order valence-corrected chi connectivity index (χ4v) is 3.87. The summed E-state index contributed by atoms with van der Waals surface area (Å²) in [5.41, 5.74) is 2.49. The van der Waals surface area contributed by atoms with Crippen LogP contribution in [0.4, 0.5) is 20.3 Å². The highest BCUT2D eigenvalue weighted by Crippen LogP contribution is 2.29. The minimum absolute atomic E-state index is 0.273. The number of rotatable bonds is 4. The van der Waals surface area contributed by atoms with Crippen LogP contribution in [0.3, 0.4) is 0 Å². The van der Waals surface area contributed by atoms with E-state index in [1.165, 1.54) is 6.07 Å². The van der Waals surface area contributed by atoms with Crippen LogP contribution in [0.2, 0.25) is 0 Å². The van der Waals surface area contributed by atoms with Crippen molar-refractivity contribution >= 4 is 17.2 Å². The SMILES string of the molecule is Cc1cc(-c2cnc(Nc3cnn(C4CCNCC4)c3)c3nccn23)c(F)cc1F. The summed E-state index contributed by atoms with van der Waals surface area (Å²) in [5, 5.41) is 11.1. The maximum Gasteiger partial charge on any atom is 0.180 e. The number of imidazole rings is 1. The molecule has 5 rings (SSSR count). The molecule has 0 amide bonds. The van der Waals surface area contributed by atoms with Gasteiger partial charge in [-0.15, -0.1) is 0 Å². The fourth-order valence-electron chi connectivity index (χ4n) is 3.87. The summed E-state index contributed by atoms with van der Waals surface area (Å²) in [5.74, 6) is -0.679. The third-order valence-electron chi connectivity index (χ3n) is 5.50. The molecule has 1 aromatic carbocycles. The van der Waals surface area contributed by atoms with Gasteiger partial charge in [0.1, 0.15) is 11.6 Å². The van der Waals surface area contributed by atoms with Crippen molar-refractivity contribution in [2.24, 2.45) is 0 Å². The molecule has 1 aliphatic heterocycles. The highest BCUT2D eigenvalue weighted by Gasteiger charge is 2.18. The second-order valence-electron chi connectivity index (χ2n) is 7.51. The molecule has 4 heterocycles. The molecule has 0 atom stereocenters. The van der Waals surface area contributed by atoms with E-state index >= 15 is 0 Å². The van der Waals surface area contributed by atoms with Crippen LogP contribution in [-0.4, -0.2) is 37.2 Å². The molecule has 0 bridgehead atoms. The summed E-state index contributed by atoms with van der Waals surface area (Å²) < 4.78 is 31.8. The Morgan fingerprint density at radius 3 is 2.77 bits per heavy atom. The van der Waals surface area contributed by atoms with Gasteiger partial charge in [-0.05, 0) is 44.5 Å². The third-order valence-corrected chi connectivity index (χ3v) is 5.50. The van der Waals surface area contributed by atoms with Gasteiger partial charge in [-0.3, -0.25) is 9.08 Å². The van der Waals surface area contributed by atoms with Crippen LogP contribution >= 0.6 is 0 Å². The third kappa shape index (κ3) is 3.30. The topological polar surface area (TPSA) is 72.1 Å². The van der Waals surface area contributed by atoms with E-state index in [0.29, 0.717) is 28.8 Å². The summed E-state index contributed by atoms with van der Waals surface area (Å²) in [6.07, 6.45) is 10.7. The predicted molar refractivity (Wildman–Crippen MR) is 110 cm³/mol. The van der Waals surface area contributed by atoms with Crippen molar-refractivity contribution in [3.05, 3.63) is 60.3 Å². The first-order valence-electron chi connectivity index (χ1n) is 9.90. The van der Waals surface area contributed by atoms with Gasteiger partial charge in [-0.25, -0.2) is 18.7 Å². The van der Waals surface area contributed by atoms with Gasteiger partial charge in [0, 0.05) is 30.2 Å². The molecular formula is C21H21F2N7. The van der Waals surface area contributed by atoms with E-state index in [2.05, 4.69) is 25.7 Å². The minimum atomic E-state index is -0.640. The van der Waals surface area contributed by atoms with E-state index in [1.807, 2.05) is 10.9 Å². The lowest BCUT2D eigenvalue weighted by Gasteiger charge is -2.22. The number of hydrogen-bond acceptors (Lipinski definition) is 5. The summed E-state index contributed by atoms with van der Waals surface area (Å²) in [6, 6.07) is 2.76. The Labute approximate surface area is 171 Å². The monoisotopic (exact) mass is 409 g/mol. The van der Waals surface area contributed by atoms with E-state index in [1.54, 1.807) is 36.1 Å². The van der Waals surface area contributed by atoms with Crippen molar-refractivity contribution in [3.63, 3.8) is 0 Å². The van der Waals surface area contributed by atoms with Crippen molar-refractivity contribution in [2.75, 3.05) is 18.4 Å². The second-order valence-corrected chi connectivity index (χ2v) is 7.51. The highest BCUT2D eigenvalue weighted by molar-refractivity contribution is 5.74. The zero-order valence-electron chi connectivity index (χ0n) is 16.4. The fraction of sp³-hybridized carbons (Fsp3) is 0.286. The molecule has 9 heteroatoms. The van der Waals surface area contributed by atoms with Crippen LogP contribution in [0.15, 0.2) is 43.1 Å². The number of anilines is 2. The number of aryl methyl sites for hydroxylation is 1. The number of nitrogens with one attached hydrogen (secondary N) is 2. The van der Waals surface area contributed by atoms with Crippen molar-refractivity contribution < 1.29 is 8.78 Å². The average molecular weight is 409 g/mol. The Hall–Kier alpha value is -3.33. The Bertz CT molecular complexity index is 1210. The molecule has 0 unspecified atom stereocenters. The molecule has 2 N–H and O–H groups in total. The van der Waals surface area contributed by atoms with Crippen LogP contribution in [0.25, 0.3) is 16.9 Å². The molecule has 0 spiro atoms. The molecular weight excluding hydrogens is 388 g/mol. The lowest BCUT2D eigenvalue weighted by molar-refractivity contribution is 0.343. The molecule has 154 valence electrons. The molecule has 4 aromatic rings. The quantitative estimate of drug-likeness (QED) is 0.536. The normalized spacial score (nSPS) is 15.0. The van der Waals surface area contributed by atoms with Crippen LogP contribution in [0, 0.1) is 18.6 Å². The number of nitrogens with zero attached hydrogens (tertiary/aromatic N) is 5. The molecule has 0 saturated carbocycles. The van der Waals surface area contributed by atoms with E-state index in [9.17, 15) is 8.78 Å². The second kappa shape index (κ2) is 7.49. The Kier molecular flexibility index (Phi) is 4.66. The number of benzene rings is 1. The molecule has 1 fully saturated rings. The van der Waals surface area contributed by atoms with Crippen molar-refractivity contribution in [3.8, 4) is 11.3 Å². The summed E-state index contributed by atoms with van der Waals surface area (Å²) in [4.78, 5) is 8.84. The molecule has 30 heavy (non-hydrogen) atoms. The smallest absolute Gasteiger partial charge is 0.180 e. The summed E-state index contributed by atoms with van der Waals surface area (Å²) >= 11 is 0. The van der Waals surface area contributed by atoms with E-state index in [4.69, 9.17) is 0 Å². The largest absolute Gasteiger partial charge is 0.335 e. The van der Waals surface area contributed by atoms with E-state index in [0.717, 1.165) is 37.7 Å². The predicted octanol–water partition coefficient (Wildman–Crippen LogP) is 3.85. The standard InChI is InChI=1S/C21H21F2N7/c1-13-8-16(18(23)9-17(13)22)19-11-26-20(21-25-6-7-29(19)21)28-14-10-27-30(12-14)15-2-4-24-5-3-15/h6-12,15,24H,2-5H2,1H3,(H,26,28). The molecule has 3 aromatic heterocycles. The van der Waals surface area contributed by atoms with Crippen molar-refractivity contribution in [1.29, 1.82) is 0 Å². The first-order valence-corrected chi connectivity index (χ1v) is 9.90. The van der Waals surface area contributed by atoms with Crippen LogP contribution < -0.4 is 10.6 Å². The number of halogens is 2. The van der Waals surface area contributed by atoms with Gasteiger partial charge in [-0.1, -0.05) is 0 Å². The zero-order valence-corrected chi connectivity index (χ0v) is 16.4. The van der Waals surface area contributed by atoms with Gasteiger partial charge >= 0.3 is 0 Å². The Morgan fingerprint density at radius 1 is 1.10 bits per heavy atom. The van der Waals surface area contributed by atoms with Gasteiger partial charge in [0.25, 0.3) is 0 Å². The Balaban J connectivity index is 1.48. The van der Waals surface area contributed by atoms with Gasteiger partial charge in [0.15, 0.2) is 11.5 Å². The molecule has 1 aliphatic rings. The highest BCUT2D eigenvalue weighted by atomic mass is 19.1. The maximum atomic E-state index is 14.4. The molecule has 0 radical (unpaired) electrons. The zero-order chi connectivity index (χ0) is 20.7. The van der Waals surface area contributed by atoms with Gasteiger partial charge in [0.2, 0.25) is 0 Å². The lowest BCUT2D eigenvalue weighted by atomic mass is 10.1.